The highest BCUT2D eigenvalue weighted by atomic mass is 19.1. The third kappa shape index (κ3) is 4.41. The molecule has 0 aliphatic heterocycles. The number of hydrogen-bond donors (Lipinski definition) is 2. The van der Waals surface area contributed by atoms with Gasteiger partial charge >= 0.3 is 0 Å². The first kappa shape index (κ1) is 16.6. The molecular weight excluding hydrogens is 317 g/mol. The van der Waals surface area contributed by atoms with Crippen molar-refractivity contribution in [2.24, 2.45) is 0 Å². The summed E-state index contributed by atoms with van der Waals surface area (Å²) in [7, 11) is 0. The van der Waals surface area contributed by atoms with E-state index in [9.17, 15) is 9.18 Å². The lowest BCUT2D eigenvalue weighted by atomic mass is 10.1. The highest BCUT2D eigenvalue weighted by molar-refractivity contribution is 6.04. The fourth-order valence-electron chi connectivity index (χ4n) is 2.39. The Morgan fingerprint density at radius 2 is 1.80 bits per heavy atom. The van der Waals surface area contributed by atoms with E-state index in [1.54, 1.807) is 24.4 Å². The molecule has 0 unspecified atom stereocenters. The smallest absolute Gasteiger partial charge is 0.257 e. The molecule has 25 heavy (non-hydrogen) atoms. The topological polar surface area (TPSA) is 54.0 Å². The highest BCUT2D eigenvalue weighted by Crippen LogP contribution is 2.18. The number of nitrogens with zero attached hydrogens (tertiary/aromatic N) is 1. The SMILES string of the molecule is CCc1ccc(NC(=O)c2cncc(Nc3cccc(F)c3)c2)cc1. The van der Waals surface area contributed by atoms with Gasteiger partial charge < -0.3 is 10.6 Å². The van der Waals surface area contributed by atoms with E-state index in [-0.39, 0.29) is 11.7 Å². The van der Waals surface area contributed by atoms with Crippen LogP contribution in [0.1, 0.15) is 22.8 Å². The first-order valence-corrected chi connectivity index (χ1v) is 8.02. The van der Waals surface area contributed by atoms with Gasteiger partial charge in [-0.05, 0) is 48.4 Å². The predicted molar refractivity (Wildman–Crippen MR) is 97.7 cm³/mol. The summed E-state index contributed by atoms with van der Waals surface area (Å²) >= 11 is 0. The average molecular weight is 335 g/mol. The van der Waals surface area contributed by atoms with Crippen LogP contribution in [0.2, 0.25) is 0 Å². The van der Waals surface area contributed by atoms with E-state index in [1.165, 1.54) is 23.9 Å². The van der Waals surface area contributed by atoms with Crippen LogP contribution in [0, 0.1) is 5.82 Å². The molecule has 1 amide bonds. The van der Waals surface area contributed by atoms with Gasteiger partial charge in [-0.15, -0.1) is 0 Å². The molecule has 5 heteroatoms. The summed E-state index contributed by atoms with van der Waals surface area (Å²) in [6.45, 7) is 2.08. The molecule has 1 heterocycles. The molecule has 1 aromatic heterocycles. The number of rotatable bonds is 5. The molecule has 0 spiro atoms. The summed E-state index contributed by atoms with van der Waals surface area (Å²) in [6, 6.07) is 15.5. The number of aromatic nitrogens is 1. The minimum Gasteiger partial charge on any atom is -0.354 e. The Labute approximate surface area is 145 Å². The molecule has 2 N–H and O–H groups in total. The second kappa shape index (κ2) is 7.57. The van der Waals surface area contributed by atoms with E-state index in [4.69, 9.17) is 0 Å². The van der Waals surface area contributed by atoms with Crippen molar-refractivity contribution in [3.63, 3.8) is 0 Å². The lowest BCUT2D eigenvalue weighted by molar-refractivity contribution is 0.102. The number of amides is 1. The second-order valence-electron chi connectivity index (χ2n) is 5.60. The standard InChI is InChI=1S/C20H18FN3O/c1-2-14-6-8-17(9-7-14)24-20(25)15-10-19(13-22-12-15)23-18-5-3-4-16(21)11-18/h3-13,23H,2H2,1H3,(H,24,25). The molecule has 0 atom stereocenters. The van der Waals surface area contributed by atoms with Gasteiger partial charge in [0.2, 0.25) is 0 Å². The zero-order valence-electron chi connectivity index (χ0n) is 13.8. The Hall–Kier alpha value is -3.21. The quantitative estimate of drug-likeness (QED) is 0.705. The molecule has 3 rings (SSSR count). The van der Waals surface area contributed by atoms with Crippen molar-refractivity contribution in [3.8, 4) is 0 Å². The zero-order chi connectivity index (χ0) is 17.6. The molecule has 0 aliphatic carbocycles. The van der Waals surface area contributed by atoms with Gasteiger partial charge in [-0.3, -0.25) is 9.78 Å². The van der Waals surface area contributed by atoms with Crippen LogP contribution in [0.25, 0.3) is 0 Å². The number of hydrogen-bond acceptors (Lipinski definition) is 3. The number of halogens is 1. The van der Waals surface area contributed by atoms with Crippen LogP contribution in [0.5, 0.6) is 0 Å². The lowest BCUT2D eigenvalue weighted by Gasteiger charge is -2.09. The monoisotopic (exact) mass is 335 g/mol. The van der Waals surface area contributed by atoms with E-state index < -0.39 is 0 Å². The van der Waals surface area contributed by atoms with Gasteiger partial charge in [-0.25, -0.2) is 4.39 Å². The highest BCUT2D eigenvalue weighted by Gasteiger charge is 2.08. The summed E-state index contributed by atoms with van der Waals surface area (Å²) in [5.41, 5.74) is 3.56. The molecule has 0 fully saturated rings. The Balaban J connectivity index is 1.72. The fraction of sp³-hybridized carbons (Fsp3) is 0.100. The molecule has 0 bridgehead atoms. The average Bonchev–Trinajstić information content (AvgIpc) is 2.62. The number of pyridine rings is 1. The van der Waals surface area contributed by atoms with Gasteiger partial charge in [-0.2, -0.15) is 0 Å². The van der Waals surface area contributed by atoms with Gasteiger partial charge in [0.15, 0.2) is 0 Å². The molecule has 0 aliphatic rings. The van der Waals surface area contributed by atoms with Crippen molar-refractivity contribution in [2.75, 3.05) is 10.6 Å². The third-order valence-corrected chi connectivity index (χ3v) is 3.73. The third-order valence-electron chi connectivity index (χ3n) is 3.73. The predicted octanol–water partition coefficient (Wildman–Crippen LogP) is 4.78. The maximum absolute atomic E-state index is 13.3. The number of anilines is 3. The zero-order valence-corrected chi connectivity index (χ0v) is 13.8. The largest absolute Gasteiger partial charge is 0.354 e. The Morgan fingerprint density at radius 3 is 2.52 bits per heavy atom. The minimum absolute atomic E-state index is 0.250. The summed E-state index contributed by atoms with van der Waals surface area (Å²) in [4.78, 5) is 16.5. The van der Waals surface area contributed by atoms with Crippen molar-refractivity contribution in [3.05, 3.63) is 83.9 Å². The number of carbonyl (C=O) groups excluding carboxylic acids is 1. The van der Waals surface area contributed by atoms with Gasteiger partial charge in [0.25, 0.3) is 5.91 Å². The van der Waals surface area contributed by atoms with Crippen LogP contribution in [0.15, 0.2) is 67.0 Å². The van der Waals surface area contributed by atoms with E-state index in [1.807, 2.05) is 24.3 Å². The molecule has 4 nitrogen and oxygen atoms in total. The summed E-state index contributed by atoms with van der Waals surface area (Å²) in [6.07, 6.45) is 4.02. The second-order valence-corrected chi connectivity index (χ2v) is 5.60. The van der Waals surface area contributed by atoms with Crippen molar-refractivity contribution in [2.45, 2.75) is 13.3 Å². The molecule has 2 aromatic carbocycles. The van der Waals surface area contributed by atoms with Gasteiger partial charge in [0.05, 0.1) is 17.4 Å². The van der Waals surface area contributed by atoms with E-state index >= 15 is 0 Å². The summed E-state index contributed by atoms with van der Waals surface area (Å²) < 4.78 is 13.3. The van der Waals surface area contributed by atoms with Crippen LogP contribution >= 0.6 is 0 Å². The summed E-state index contributed by atoms with van der Waals surface area (Å²) in [5, 5.41) is 5.88. The number of benzene rings is 2. The van der Waals surface area contributed by atoms with E-state index in [2.05, 4.69) is 22.5 Å². The maximum atomic E-state index is 13.3. The maximum Gasteiger partial charge on any atom is 0.257 e. The fourth-order valence-corrected chi connectivity index (χ4v) is 2.39. The Bertz CT molecular complexity index is 878. The van der Waals surface area contributed by atoms with Crippen LogP contribution in [0.4, 0.5) is 21.5 Å². The number of aryl methyl sites for hydroxylation is 1. The molecule has 0 saturated carbocycles. The van der Waals surface area contributed by atoms with Crippen LogP contribution < -0.4 is 10.6 Å². The number of carbonyl (C=O) groups is 1. The van der Waals surface area contributed by atoms with Crippen LogP contribution in [-0.2, 0) is 6.42 Å². The minimum atomic E-state index is -0.331. The van der Waals surface area contributed by atoms with Gasteiger partial charge in [0, 0.05) is 17.6 Å². The van der Waals surface area contributed by atoms with Crippen molar-refractivity contribution < 1.29 is 9.18 Å². The lowest BCUT2D eigenvalue weighted by Crippen LogP contribution is -2.12. The van der Waals surface area contributed by atoms with Gasteiger partial charge in [0.1, 0.15) is 5.82 Å². The van der Waals surface area contributed by atoms with Crippen molar-refractivity contribution >= 4 is 23.0 Å². The summed E-state index contributed by atoms with van der Waals surface area (Å²) in [5.74, 6) is -0.581. The molecule has 3 aromatic rings. The molecular formula is C20H18FN3O. The Kier molecular flexibility index (Phi) is 5.04. The van der Waals surface area contributed by atoms with Crippen LogP contribution in [-0.4, -0.2) is 10.9 Å². The molecule has 0 radical (unpaired) electrons. The van der Waals surface area contributed by atoms with Crippen molar-refractivity contribution in [1.29, 1.82) is 0 Å². The van der Waals surface area contributed by atoms with Crippen LogP contribution in [0.3, 0.4) is 0 Å². The first-order valence-electron chi connectivity index (χ1n) is 8.02. The first-order chi connectivity index (χ1) is 12.1. The molecule has 126 valence electrons. The number of nitrogens with one attached hydrogen (secondary N) is 2. The normalized spacial score (nSPS) is 10.3. The van der Waals surface area contributed by atoms with Crippen molar-refractivity contribution in [1.82, 2.24) is 4.98 Å². The Morgan fingerprint density at radius 1 is 1.00 bits per heavy atom. The van der Waals surface area contributed by atoms with E-state index in [0.717, 1.165) is 12.1 Å². The van der Waals surface area contributed by atoms with E-state index in [0.29, 0.717) is 16.9 Å². The molecule has 0 saturated heterocycles. The van der Waals surface area contributed by atoms with Gasteiger partial charge in [-0.1, -0.05) is 25.1 Å².